The summed E-state index contributed by atoms with van der Waals surface area (Å²) in [7, 11) is 0. The summed E-state index contributed by atoms with van der Waals surface area (Å²) in [5, 5.41) is 2.50. The fourth-order valence-corrected chi connectivity index (χ4v) is 3.40. The minimum atomic E-state index is 0.762. The molecule has 0 spiro atoms. The number of ether oxygens (including phenoxy) is 1. The Balaban J connectivity index is 1.65. The molecule has 0 fully saturated rings. The van der Waals surface area contributed by atoms with Gasteiger partial charge in [0.05, 0.1) is 12.1 Å². The quantitative estimate of drug-likeness (QED) is 0.547. The third-order valence-corrected chi connectivity index (χ3v) is 4.46. The van der Waals surface area contributed by atoms with E-state index in [1.54, 1.807) is 0 Å². The van der Waals surface area contributed by atoms with E-state index in [-0.39, 0.29) is 0 Å². The average molecular weight is 324 g/mol. The standard InChI is InChI=1S/C21H28N2O/c1-3-13-23(14-4-2)15-8-16-24-20-12-7-10-18-17-9-5-6-11-19(17)22-21(18)20/h5-7,9-12,22H,3-4,8,13-16H2,1-2H3. The number of nitrogens with zero attached hydrogens (tertiary/aromatic N) is 1. The van der Waals surface area contributed by atoms with Crippen molar-refractivity contribution in [3.8, 4) is 5.75 Å². The molecule has 3 nitrogen and oxygen atoms in total. The zero-order valence-electron chi connectivity index (χ0n) is 14.8. The summed E-state index contributed by atoms with van der Waals surface area (Å²) in [5.74, 6) is 0.959. The van der Waals surface area contributed by atoms with Gasteiger partial charge in [0, 0.05) is 22.8 Å². The molecule has 0 unspecified atom stereocenters. The lowest BCUT2D eigenvalue weighted by molar-refractivity contribution is 0.235. The van der Waals surface area contributed by atoms with E-state index >= 15 is 0 Å². The number of rotatable bonds is 9. The van der Waals surface area contributed by atoms with Crippen molar-refractivity contribution in [1.82, 2.24) is 9.88 Å². The van der Waals surface area contributed by atoms with Crippen molar-refractivity contribution in [3.05, 3.63) is 42.5 Å². The molecule has 3 heteroatoms. The number of para-hydroxylation sites is 2. The van der Waals surface area contributed by atoms with Crippen molar-refractivity contribution in [1.29, 1.82) is 0 Å². The van der Waals surface area contributed by atoms with Crippen molar-refractivity contribution < 1.29 is 4.74 Å². The van der Waals surface area contributed by atoms with Crippen LogP contribution in [0, 0.1) is 0 Å². The monoisotopic (exact) mass is 324 g/mol. The highest BCUT2D eigenvalue weighted by atomic mass is 16.5. The third kappa shape index (κ3) is 3.73. The van der Waals surface area contributed by atoms with Gasteiger partial charge in [0.25, 0.3) is 0 Å². The first kappa shape index (κ1) is 16.8. The van der Waals surface area contributed by atoms with E-state index in [0.29, 0.717) is 0 Å². The fourth-order valence-electron chi connectivity index (χ4n) is 3.40. The number of fused-ring (bicyclic) bond motifs is 3. The van der Waals surface area contributed by atoms with E-state index in [1.807, 2.05) is 0 Å². The molecular formula is C21H28N2O. The number of hydrogen-bond donors (Lipinski definition) is 1. The first-order valence-corrected chi connectivity index (χ1v) is 9.18. The van der Waals surface area contributed by atoms with Gasteiger partial charge in [-0.3, -0.25) is 0 Å². The average Bonchev–Trinajstić information content (AvgIpc) is 2.98. The van der Waals surface area contributed by atoms with Gasteiger partial charge in [0.1, 0.15) is 5.75 Å². The van der Waals surface area contributed by atoms with Gasteiger partial charge in [-0.2, -0.15) is 0 Å². The summed E-state index contributed by atoms with van der Waals surface area (Å²) in [5.41, 5.74) is 2.28. The van der Waals surface area contributed by atoms with Crippen LogP contribution in [0.1, 0.15) is 33.1 Å². The molecule has 2 aromatic carbocycles. The Kier molecular flexibility index (Phi) is 5.76. The number of nitrogens with one attached hydrogen (secondary N) is 1. The molecule has 24 heavy (non-hydrogen) atoms. The van der Waals surface area contributed by atoms with Crippen molar-refractivity contribution in [2.24, 2.45) is 0 Å². The molecule has 3 aromatic rings. The van der Waals surface area contributed by atoms with Crippen LogP contribution < -0.4 is 4.74 Å². The van der Waals surface area contributed by atoms with E-state index in [1.165, 1.54) is 42.2 Å². The zero-order valence-corrected chi connectivity index (χ0v) is 14.8. The van der Waals surface area contributed by atoms with E-state index in [2.05, 4.69) is 66.2 Å². The Morgan fingerprint density at radius 2 is 1.62 bits per heavy atom. The van der Waals surface area contributed by atoms with Crippen LogP contribution in [0.15, 0.2) is 42.5 Å². The fraction of sp³-hybridized carbons (Fsp3) is 0.429. The smallest absolute Gasteiger partial charge is 0.143 e. The van der Waals surface area contributed by atoms with Gasteiger partial charge in [0.15, 0.2) is 0 Å². The van der Waals surface area contributed by atoms with Crippen LogP contribution in [-0.2, 0) is 0 Å². The number of hydrogen-bond acceptors (Lipinski definition) is 2. The van der Waals surface area contributed by atoms with Crippen molar-refractivity contribution >= 4 is 21.8 Å². The van der Waals surface area contributed by atoms with E-state index in [4.69, 9.17) is 4.74 Å². The Morgan fingerprint density at radius 1 is 0.875 bits per heavy atom. The lowest BCUT2D eigenvalue weighted by atomic mass is 10.1. The van der Waals surface area contributed by atoms with E-state index in [0.717, 1.165) is 30.8 Å². The van der Waals surface area contributed by atoms with Gasteiger partial charge in [-0.25, -0.2) is 0 Å². The SMILES string of the molecule is CCCN(CCC)CCCOc1cccc2c1[nH]c1ccccc12. The van der Waals surface area contributed by atoms with Gasteiger partial charge >= 0.3 is 0 Å². The second kappa shape index (κ2) is 8.20. The predicted octanol–water partition coefficient (Wildman–Crippen LogP) is 5.21. The van der Waals surface area contributed by atoms with Crippen LogP contribution in [0.4, 0.5) is 0 Å². The molecule has 0 aliphatic rings. The number of benzene rings is 2. The molecule has 0 bridgehead atoms. The highest BCUT2D eigenvalue weighted by Gasteiger charge is 2.08. The number of aromatic amines is 1. The lowest BCUT2D eigenvalue weighted by Crippen LogP contribution is -2.27. The first-order chi connectivity index (χ1) is 11.8. The highest BCUT2D eigenvalue weighted by Crippen LogP contribution is 2.31. The van der Waals surface area contributed by atoms with E-state index < -0.39 is 0 Å². The minimum Gasteiger partial charge on any atom is -0.491 e. The maximum atomic E-state index is 6.10. The summed E-state index contributed by atoms with van der Waals surface area (Å²) in [6, 6.07) is 14.7. The number of H-pyrrole nitrogens is 1. The van der Waals surface area contributed by atoms with Crippen molar-refractivity contribution in [3.63, 3.8) is 0 Å². The van der Waals surface area contributed by atoms with Crippen molar-refractivity contribution in [2.75, 3.05) is 26.2 Å². The first-order valence-electron chi connectivity index (χ1n) is 9.18. The van der Waals surface area contributed by atoms with Crippen molar-refractivity contribution in [2.45, 2.75) is 33.1 Å². The second-order valence-electron chi connectivity index (χ2n) is 6.39. The predicted molar refractivity (Wildman–Crippen MR) is 103 cm³/mol. The van der Waals surface area contributed by atoms with Crippen LogP contribution in [0.25, 0.3) is 21.8 Å². The van der Waals surface area contributed by atoms with Crippen LogP contribution in [-0.4, -0.2) is 36.1 Å². The number of aromatic nitrogens is 1. The molecule has 0 aliphatic carbocycles. The highest BCUT2D eigenvalue weighted by molar-refractivity contribution is 6.09. The Hall–Kier alpha value is -2.00. The molecular weight excluding hydrogens is 296 g/mol. The second-order valence-corrected chi connectivity index (χ2v) is 6.39. The zero-order chi connectivity index (χ0) is 16.8. The molecule has 1 N–H and O–H groups in total. The summed E-state index contributed by atoms with van der Waals surface area (Å²) >= 11 is 0. The largest absolute Gasteiger partial charge is 0.491 e. The molecule has 0 amide bonds. The molecule has 3 rings (SSSR count). The topological polar surface area (TPSA) is 28.3 Å². The van der Waals surface area contributed by atoms with Crippen LogP contribution in [0.5, 0.6) is 5.75 Å². The van der Waals surface area contributed by atoms with Crippen LogP contribution in [0.3, 0.4) is 0 Å². The van der Waals surface area contributed by atoms with Gasteiger partial charge in [-0.1, -0.05) is 44.2 Å². The maximum Gasteiger partial charge on any atom is 0.143 e. The van der Waals surface area contributed by atoms with Crippen LogP contribution >= 0.6 is 0 Å². The molecule has 1 aromatic heterocycles. The molecule has 1 heterocycles. The molecule has 0 aliphatic heterocycles. The van der Waals surface area contributed by atoms with Gasteiger partial charge < -0.3 is 14.6 Å². The lowest BCUT2D eigenvalue weighted by Gasteiger charge is -2.20. The van der Waals surface area contributed by atoms with Crippen LogP contribution in [0.2, 0.25) is 0 Å². The molecule has 0 atom stereocenters. The van der Waals surface area contributed by atoms with Gasteiger partial charge in [-0.05, 0) is 44.5 Å². The Bertz CT molecular complexity index is 772. The minimum absolute atomic E-state index is 0.762. The summed E-state index contributed by atoms with van der Waals surface area (Å²) in [6.07, 6.45) is 3.50. The summed E-state index contributed by atoms with van der Waals surface area (Å²) in [4.78, 5) is 6.04. The molecule has 0 radical (unpaired) electrons. The Morgan fingerprint density at radius 3 is 2.42 bits per heavy atom. The summed E-state index contributed by atoms with van der Waals surface area (Å²) in [6.45, 7) is 8.74. The normalized spacial score (nSPS) is 11.6. The summed E-state index contributed by atoms with van der Waals surface area (Å²) < 4.78 is 6.10. The Labute approximate surface area is 144 Å². The maximum absolute atomic E-state index is 6.10. The molecule has 128 valence electrons. The van der Waals surface area contributed by atoms with Gasteiger partial charge in [0.2, 0.25) is 0 Å². The molecule has 0 saturated carbocycles. The third-order valence-electron chi connectivity index (χ3n) is 4.46. The van der Waals surface area contributed by atoms with E-state index in [9.17, 15) is 0 Å². The molecule has 0 saturated heterocycles. The van der Waals surface area contributed by atoms with Gasteiger partial charge in [-0.15, -0.1) is 0 Å².